The smallest absolute Gasteiger partial charge is 0.0520 e. The van der Waals surface area contributed by atoms with E-state index in [0.29, 0.717) is 0 Å². The number of benzene rings is 1. The van der Waals surface area contributed by atoms with Gasteiger partial charge >= 0.3 is 0 Å². The summed E-state index contributed by atoms with van der Waals surface area (Å²) >= 11 is 0. The molecule has 0 aliphatic rings. The summed E-state index contributed by atoms with van der Waals surface area (Å²) in [7, 11) is 0. The number of hydrazine groups is 1. The lowest BCUT2D eigenvalue weighted by Crippen LogP contribution is -2.17. The molecule has 0 fully saturated rings. The standard InChI is InChI=1S/C13H22N2/c1-5-7-10-11(13(2,3)4)8-6-9-12(10)15-14/h6,8-9,15H,5,7,14H2,1-4H3. The van der Waals surface area contributed by atoms with Gasteiger partial charge in [0.2, 0.25) is 0 Å². The van der Waals surface area contributed by atoms with Gasteiger partial charge in [-0.2, -0.15) is 0 Å². The summed E-state index contributed by atoms with van der Waals surface area (Å²) < 4.78 is 0. The highest BCUT2D eigenvalue weighted by Gasteiger charge is 2.18. The molecule has 0 amide bonds. The lowest BCUT2D eigenvalue weighted by Gasteiger charge is -2.24. The summed E-state index contributed by atoms with van der Waals surface area (Å²) in [6.45, 7) is 8.91. The van der Waals surface area contributed by atoms with E-state index in [-0.39, 0.29) is 5.41 Å². The van der Waals surface area contributed by atoms with Gasteiger partial charge in [-0.3, -0.25) is 5.84 Å². The molecule has 0 saturated carbocycles. The lowest BCUT2D eigenvalue weighted by molar-refractivity contribution is 0.581. The summed E-state index contributed by atoms with van der Waals surface area (Å²) in [5.41, 5.74) is 6.78. The first-order valence-corrected chi connectivity index (χ1v) is 5.59. The molecule has 3 N–H and O–H groups in total. The second-order valence-corrected chi connectivity index (χ2v) is 4.98. The second kappa shape index (κ2) is 4.67. The number of nitrogen functional groups attached to an aromatic ring is 1. The molecule has 0 heterocycles. The predicted octanol–water partition coefficient (Wildman–Crippen LogP) is 3.22. The molecule has 0 aliphatic heterocycles. The first-order valence-electron chi connectivity index (χ1n) is 5.59. The highest BCUT2D eigenvalue weighted by Crippen LogP contribution is 2.30. The molecule has 0 saturated heterocycles. The molecular weight excluding hydrogens is 184 g/mol. The van der Waals surface area contributed by atoms with E-state index in [1.165, 1.54) is 11.1 Å². The van der Waals surface area contributed by atoms with E-state index in [4.69, 9.17) is 5.84 Å². The number of hydrogen-bond acceptors (Lipinski definition) is 2. The summed E-state index contributed by atoms with van der Waals surface area (Å²) in [5, 5.41) is 0. The second-order valence-electron chi connectivity index (χ2n) is 4.98. The van der Waals surface area contributed by atoms with E-state index in [2.05, 4.69) is 45.3 Å². The van der Waals surface area contributed by atoms with Crippen LogP contribution in [0.5, 0.6) is 0 Å². The Morgan fingerprint density at radius 3 is 2.40 bits per heavy atom. The quantitative estimate of drug-likeness (QED) is 0.588. The topological polar surface area (TPSA) is 38.0 Å². The average molecular weight is 206 g/mol. The third-order valence-electron chi connectivity index (χ3n) is 2.64. The summed E-state index contributed by atoms with van der Waals surface area (Å²) in [6.07, 6.45) is 2.22. The molecule has 1 aromatic rings. The van der Waals surface area contributed by atoms with Gasteiger partial charge in [0.15, 0.2) is 0 Å². The zero-order valence-corrected chi connectivity index (χ0v) is 10.2. The molecular formula is C13H22N2. The maximum atomic E-state index is 5.54. The molecule has 0 aromatic heterocycles. The molecule has 0 aliphatic carbocycles. The molecule has 0 radical (unpaired) electrons. The fourth-order valence-corrected chi connectivity index (χ4v) is 1.94. The first-order chi connectivity index (χ1) is 7.00. The van der Waals surface area contributed by atoms with Gasteiger partial charge in [-0.05, 0) is 29.0 Å². The summed E-state index contributed by atoms with van der Waals surface area (Å²) in [5.74, 6) is 5.54. The van der Waals surface area contributed by atoms with Crippen molar-refractivity contribution in [2.45, 2.75) is 46.0 Å². The van der Waals surface area contributed by atoms with Gasteiger partial charge in [-0.25, -0.2) is 0 Å². The van der Waals surface area contributed by atoms with E-state index >= 15 is 0 Å². The molecule has 1 aromatic carbocycles. The molecule has 0 bridgehead atoms. The highest BCUT2D eigenvalue weighted by molar-refractivity contribution is 5.55. The average Bonchev–Trinajstić information content (AvgIpc) is 2.17. The Kier molecular flexibility index (Phi) is 3.75. The molecule has 1 rings (SSSR count). The SMILES string of the molecule is CCCc1c(NN)cccc1C(C)(C)C. The summed E-state index contributed by atoms with van der Waals surface area (Å²) in [6, 6.07) is 6.31. The number of nitrogens with two attached hydrogens (primary N) is 1. The van der Waals surface area contributed by atoms with Crippen molar-refractivity contribution in [2.24, 2.45) is 5.84 Å². The fourth-order valence-electron chi connectivity index (χ4n) is 1.94. The highest BCUT2D eigenvalue weighted by atomic mass is 15.2. The zero-order valence-electron chi connectivity index (χ0n) is 10.2. The van der Waals surface area contributed by atoms with E-state index in [0.717, 1.165) is 18.5 Å². The van der Waals surface area contributed by atoms with Gasteiger partial charge in [0.1, 0.15) is 0 Å². The molecule has 15 heavy (non-hydrogen) atoms. The minimum absolute atomic E-state index is 0.178. The van der Waals surface area contributed by atoms with Crippen LogP contribution in [0.4, 0.5) is 5.69 Å². The largest absolute Gasteiger partial charge is 0.324 e. The van der Waals surface area contributed by atoms with Crippen molar-refractivity contribution in [2.75, 3.05) is 5.43 Å². The molecule has 84 valence electrons. The van der Waals surface area contributed by atoms with Gasteiger partial charge in [-0.15, -0.1) is 0 Å². The van der Waals surface area contributed by atoms with Crippen LogP contribution in [-0.2, 0) is 11.8 Å². The maximum Gasteiger partial charge on any atom is 0.0520 e. The predicted molar refractivity (Wildman–Crippen MR) is 66.9 cm³/mol. The number of nitrogens with one attached hydrogen (secondary N) is 1. The minimum atomic E-state index is 0.178. The molecule has 0 spiro atoms. The molecule has 0 atom stereocenters. The number of hydrogen-bond donors (Lipinski definition) is 2. The van der Waals surface area contributed by atoms with Crippen molar-refractivity contribution in [1.29, 1.82) is 0 Å². The van der Waals surface area contributed by atoms with Crippen LogP contribution in [0.1, 0.15) is 45.2 Å². The van der Waals surface area contributed by atoms with Gasteiger partial charge in [0.05, 0.1) is 5.69 Å². The molecule has 2 heteroatoms. The Labute approximate surface area is 92.8 Å². The fraction of sp³-hybridized carbons (Fsp3) is 0.538. The van der Waals surface area contributed by atoms with Crippen LogP contribution in [0.15, 0.2) is 18.2 Å². The van der Waals surface area contributed by atoms with E-state index in [1.54, 1.807) is 0 Å². The van der Waals surface area contributed by atoms with Crippen molar-refractivity contribution in [3.63, 3.8) is 0 Å². The summed E-state index contributed by atoms with van der Waals surface area (Å²) in [4.78, 5) is 0. The molecule has 0 unspecified atom stereocenters. The Hall–Kier alpha value is -1.02. The van der Waals surface area contributed by atoms with Crippen molar-refractivity contribution in [3.05, 3.63) is 29.3 Å². The van der Waals surface area contributed by atoms with Crippen LogP contribution in [0.2, 0.25) is 0 Å². The van der Waals surface area contributed by atoms with E-state index < -0.39 is 0 Å². The van der Waals surface area contributed by atoms with Gasteiger partial charge in [0, 0.05) is 0 Å². The Morgan fingerprint density at radius 2 is 1.93 bits per heavy atom. The van der Waals surface area contributed by atoms with Crippen molar-refractivity contribution in [1.82, 2.24) is 0 Å². The van der Waals surface area contributed by atoms with Gasteiger partial charge in [-0.1, -0.05) is 46.2 Å². The Bertz CT molecular complexity index is 324. The van der Waals surface area contributed by atoms with Crippen LogP contribution in [0.25, 0.3) is 0 Å². The van der Waals surface area contributed by atoms with Gasteiger partial charge < -0.3 is 5.43 Å². The number of rotatable bonds is 3. The third-order valence-corrected chi connectivity index (χ3v) is 2.64. The van der Waals surface area contributed by atoms with Gasteiger partial charge in [0.25, 0.3) is 0 Å². The maximum absolute atomic E-state index is 5.54. The Balaban J connectivity index is 3.25. The monoisotopic (exact) mass is 206 g/mol. The van der Waals surface area contributed by atoms with Crippen molar-refractivity contribution in [3.8, 4) is 0 Å². The zero-order chi connectivity index (χ0) is 11.5. The first kappa shape index (κ1) is 12.1. The molecule has 2 nitrogen and oxygen atoms in total. The van der Waals surface area contributed by atoms with Crippen LogP contribution in [0, 0.1) is 0 Å². The number of anilines is 1. The van der Waals surface area contributed by atoms with Crippen molar-refractivity contribution >= 4 is 5.69 Å². The van der Waals surface area contributed by atoms with Crippen LogP contribution < -0.4 is 11.3 Å². The van der Waals surface area contributed by atoms with Crippen LogP contribution in [-0.4, -0.2) is 0 Å². The van der Waals surface area contributed by atoms with E-state index in [1.807, 2.05) is 6.07 Å². The lowest BCUT2D eigenvalue weighted by atomic mass is 9.82. The minimum Gasteiger partial charge on any atom is -0.324 e. The van der Waals surface area contributed by atoms with Crippen LogP contribution in [0.3, 0.4) is 0 Å². The van der Waals surface area contributed by atoms with Crippen LogP contribution >= 0.6 is 0 Å². The Morgan fingerprint density at radius 1 is 1.27 bits per heavy atom. The van der Waals surface area contributed by atoms with Crippen molar-refractivity contribution < 1.29 is 0 Å². The van der Waals surface area contributed by atoms with E-state index in [9.17, 15) is 0 Å². The third kappa shape index (κ3) is 2.72. The normalized spacial score (nSPS) is 11.5.